The van der Waals surface area contributed by atoms with E-state index in [2.05, 4.69) is 94.9 Å². The van der Waals surface area contributed by atoms with Crippen molar-refractivity contribution in [2.24, 2.45) is 7.05 Å². The lowest BCUT2D eigenvalue weighted by Gasteiger charge is -2.42. The number of furan rings is 1. The Kier molecular flexibility index (Phi) is 5.25. The van der Waals surface area contributed by atoms with Gasteiger partial charge in [0.2, 0.25) is 11.4 Å². The van der Waals surface area contributed by atoms with E-state index in [1.54, 1.807) is 0 Å². The van der Waals surface area contributed by atoms with Crippen LogP contribution in [0.25, 0.3) is 44.2 Å². The van der Waals surface area contributed by atoms with Crippen molar-refractivity contribution in [1.29, 1.82) is 0 Å². The summed E-state index contributed by atoms with van der Waals surface area (Å²) in [7, 11) is 2.10. The van der Waals surface area contributed by atoms with Gasteiger partial charge < -0.3 is 4.42 Å². The topological polar surface area (TPSA) is 29.9 Å². The summed E-state index contributed by atoms with van der Waals surface area (Å²) in [5, 5.41) is 3.36. The van der Waals surface area contributed by atoms with Crippen molar-refractivity contribution < 1.29 is 10.4 Å². The molecule has 0 N–H and O–H groups in total. The standard InChI is InChI=1S/C36H41N2O/c1-22-12-14-26-27-20-25-13-15-28-31(36(4,5)18-17-35(28,2)3)32(25)37-34(27)39-33(26)30(22)29-21-24(16-19-38(29)6)23-10-8-7-9-11-23/h12-16,19-21,23H,7-11,17-18H2,1-6H3/q+1/i23D. The zero-order valence-electron chi connectivity index (χ0n) is 25.4. The van der Waals surface area contributed by atoms with Crippen LogP contribution in [0.5, 0.6) is 0 Å². The zero-order valence-corrected chi connectivity index (χ0v) is 24.4. The van der Waals surface area contributed by atoms with E-state index in [4.69, 9.17) is 9.40 Å². The molecule has 3 nitrogen and oxygen atoms in total. The Morgan fingerprint density at radius 1 is 0.923 bits per heavy atom. The van der Waals surface area contributed by atoms with Crippen LogP contribution in [0.4, 0.5) is 0 Å². The normalized spacial score (nSPS) is 20.3. The number of fused-ring (bicyclic) bond motifs is 6. The number of benzene rings is 2. The van der Waals surface area contributed by atoms with Gasteiger partial charge in [0.15, 0.2) is 11.8 Å². The molecule has 0 saturated heterocycles. The maximum Gasteiger partial charge on any atom is 0.227 e. The van der Waals surface area contributed by atoms with E-state index in [9.17, 15) is 1.37 Å². The molecule has 2 aromatic carbocycles. The van der Waals surface area contributed by atoms with Gasteiger partial charge in [0.25, 0.3) is 0 Å². The molecule has 0 unspecified atom stereocenters. The van der Waals surface area contributed by atoms with Gasteiger partial charge in [0.05, 0.1) is 11.1 Å². The Morgan fingerprint density at radius 2 is 1.69 bits per heavy atom. The zero-order chi connectivity index (χ0) is 28.0. The molecule has 0 amide bonds. The summed E-state index contributed by atoms with van der Waals surface area (Å²) in [6, 6.07) is 15.7. The van der Waals surface area contributed by atoms with E-state index in [0.29, 0.717) is 5.71 Å². The fourth-order valence-corrected chi connectivity index (χ4v) is 7.35. The molecule has 3 heteroatoms. The second-order valence-corrected chi connectivity index (χ2v) is 13.5. The van der Waals surface area contributed by atoms with Crippen LogP contribution in [0.3, 0.4) is 0 Å². The molecule has 0 atom stereocenters. The molecular formula is C36H41N2O+. The molecule has 0 bridgehead atoms. The predicted molar refractivity (Wildman–Crippen MR) is 161 cm³/mol. The number of aryl methyl sites for hydroxylation is 2. The Labute approximate surface area is 233 Å². The van der Waals surface area contributed by atoms with Crippen LogP contribution < -0.4 is 4.57 Å². The lowest BCUT2D eigenvalue weighted by atomic mass is 9.62. The van der Waals surface area contributed by atoms with Gasteiger partial charge in [-0.15, -0.1) is 0 Å². The van der Waals surface area contributed by atoms with Gasteiger partial charge in [0, 0.05) is 29.7 Å². The van der Waals surface area contributed by atoms with E-state index >= 15 is 0 Å². The first-order valence-corrected chi connectivity index (χ1v) is 14.8. The number of aromatic nitrogens is 2. The van der Waals surface area contributed by atoms with Crippen LogP contribution in [0.15, 0.2) is 53.1 Å². The first-order chi connectivity index (χ1) is 19.0. The molecule has 2 aliphatic carbocycles. The molecule has 3 heterocycles. The van der Waals surface area contributed by atoms with Gasteiger partial charge >= 0.3 is 0 Å². The molecule has 39 heavy (non-hydrogen) atoms. The molecule has 200 valence electrons. The average molecular weight is 519 g/mol. The maximum atomic E-state index is 9.27. The van der Waals surface area contributed by atoms with Crippen molar-refractivity contribution in [1.82, 2.24) is 4.98 Å². The van der Waals surface area contributed by atoms with E-state index in [1.165, 1.54) is 34.9 Å². The highest BCUT2D eigenvalue weighted by Gasteiger charge is 2.39. The fraction of sp³-hybridized carbons (Fsp3) is 0.444. The second-order valence-electron chi connectivity index (χ2n) is 13.5. The third-order valence-corrected chi connectivity index (χ3v) is 9.86. The van der Waals surface area contributed by atoms with Gasteiger partial charge in [-0.25, -0.2) is 9.55 Å². The van der Waals surface area contributed by atoms with Gasteiger partial charge in [-0.05, 0) is 77.7 Å². The highest BCUT2D eigenvalue weighted by atomic mass is 16.3. The summed E-state index contributed by atoms with van der Waals surface area (Å²) in [6.07, 6.45) is 9.83. The number of hydrogen-bond donors (Lipinski definition) is 0. The largest absolute Gasteiger partial charge is 0.437 e. The van der Waals surface area contributed by atoms with Gasteiger partial charge in [-0.3, -0.25) is 0 Å². The van der Waals surface area contributed by atoms with Crippen molar-refractivity contribution in [3.8, 4) is 11.3 Å². The van der Waals surface area contributed by atoms with Crippen molar-refractivity contribution in [2.45, 2.75) is 96.3 Å². The monoisotopic (exact) mass is 518 g/mol. The minimum absolute atomic E-state index is 0.0678. The Morgan fingerprint density at radius 3 is 2.49 bits per heavy atom. The number of rotatable bonds is 2. The molecule has 2 aliphatic rings. The molecule has 3 aromatic heterocycles. The fourth-order valence-electron chi connectivity index (χ4n) is 7.35. The number of hydrogen-bond acceptors (Lipinski definition) is 2. The molecule has 0 radical (unpaired) electrons. The number of pyridine rings is 2. The Bertz CT molecular complexity index is 1820. The molecular weight excluding hydrogens is 476 g/mol. The average Bonchev–Trinajstić information content (AvgIpc) is 3.27. The van der Waals surface area contributed by atoms with E-state index < -0.39 is 5.89 Å². The molecule has 1 saturated carbocycles. The molecule has 1 fully saturated rings. The first kappa shape index (κ1) is 23.7. The van der Waals surface area contributed by atoms with E-state index in [1.807, 2.05) is 0 Å². The van der Waals surface area contributed by atoms with Crippen LogP contribution in [0, 0.1) is 6.92 Å². The summed E-state index contributed by atoms with van der Waals surface area (Å²) in [6.45, 7) is 11.6. The van der Waals surface area contributed by atoms with Crippen LogP contribution in [0.1, 0.15) is 102 Å². The molecule has 5 aromatic rings. The minimum atomic E-state index is -0.504. The SMILES string of the molecule is [2H]C1(c2cc[n+](C)c(-c3c(C)ccc4c3oc3nc5c6c(ccc5cc34)C(C)(C)CCC6(C)C)c2)CCCCC1. The first-order valence-electron chi connectivity index (χ1n) is 15.3. The highest BCUT2D eigenvalue weighted by molar-refractivity contribution is 6.11. The van der Waals surface area contributed by atoms with E-state index in [0.717, 1.165) is 70.8 Å². The third-order valence-electron chi connectivity index (χ3n) is 9.86. The highest BCUT2D eigenvalue weighted by Crippen LogP contribution is 2.49. The molecule has 0 spiro atoms. The van der Waals surface area contributed by atoms with Crippen molar-refractivity contribution in [3.63, 3.8) is 0 Å². The van der Waals surface area contributed by atoms with Crippen LogP contribution >= 0.6 is 0 Å². The van der Waals surface area contributed by atoms with Crippen LogP contribution in [0.2, 0.25) is 0 Å². The van der Waals surface area contributed by atoms with Gasteiger partial charge in [0.1, 0.15) is 7.05 Å². The van der Waals surface area contributed by atoms with Crippen molar-refractivity contribution >= 4 is 33.0 Å². The Hall–Kier alpha value is -3.20. The summed E-state index contributed by atoms with van der Waals surface area (Å²) in [4.78, 5) is 5.27. The van der Waals surface area contributed by atoms with Crippen molar-refractivity contribution in [2.75, 3.05) is 0 Å². The smallest absolute Gasteiger partial charge is 0.227 e. The number of nitrogens with zero attached hydrogens (tertiary/aromatic N) is 2. The second kappa shape index (κ2) is 8.65. The van der Waals surface area contributed by atoms with E-state index in [-0.39, 0.29) is 10.8 Å². The minimum Gasteiger partial charge on any atom is -0.437 e. The Balaban J connectivity index is 1.48. The molecule has 7 rings (SSSR count). The van der Waals surface area contributed by atoms with Crippen LogP contribution in [-0.2, 0) is 17.9 Å². The summed E-state index contributed by atoms with van der Waals surface area (Å²) in [5.41, 5.74) is 10.2. The quantitative estimate of drug-likeness (QED) is 0.218. The lowest BCUT2D eigenvalue weighted by Crippen LogP contribution is -2.34. The van der Waals surface area contributed by atoms with Gasteiger partial charge in [-0.2, -0.15) is 0 Å². The summed E-state index contributed by atoms with van der Waals surface area (Å²) < 4.78 is 18.2. The third kappa shape index (κ3) is 3.84. The maximum absolute atomic E-state index is 9.27. The summed E-state index contributed by atoms with van der Waals surface area (Å²) in [5.74, 6) is -0.504. The van der Waals surface area contributed by atoms with Crippen LogP contribution in [-0.4, -0.2) is 4.98 Å². The summed E-state index contributed by atoms with van der Waals surface area (Å²) >= 11 is 0. The molecule has 0 aliphatic heterocycles. The lowest BCUT2D eigenvalue weighted by molar-refractivity contribution is -0.660. The van der Waals surface area contributed by atoms with Gasteiger partial charge in [-0.1, -0.05) is 71.2 Å². The van der Waals surface area contributed by atoms with Crippen molar-refractivity contribution in [3.05, 3.63) is 70.9 Å². The predicted octanol–water partition coefficient (Wildman–Crippen LogP) is 9.33.